The zero-order valence-electron chi connectivity index (χ0n) is 7.21. The van der Waals surface area contributed by atoms with Gasteiger partial charge in [-0.2, -0.15) is 4.99 Å². The smallest absolute Gasteiger partial charge is 0.256 e. The average molecular weight is 164 g/mol. The molecule has 1 heterocycles. The molecule has 1 amide bonds. The normalized spacial score (nSPS) is 29.1. The molecule has 12 heavy (non-hydrogen) atoms. The molecule has 1 aliphatic carbocycles. The lowest BCUT2D eigenvalue weighted by Crippen LogP contribution is -2.30. The van der Waals surface area contributed by atoms with E-state index in [1.54, 1.807) is 6.92 Å². The number of hydrogen-bond acceptors (Lipinski definition) is 2. The van der Waals surface area contributed by atoms with Gasteiger partial charge in [-0.1, -0.05) is 6.42 Å². The molecule has 1 fully saturated rings. The summed E-state index contributed by atoms with van der Waals surface area (Å²) < 4.78 is 0. The standard InChI is InChI=1S/C9H12N2O/c1-6-10-8-5-3-2-4-7(8)9(12)11-6/h7H,2-5H2,1H3. The van der Waals surface area contributed by atoms with E-state index in [-0.39, 0.29) is 11.8 Å². The summed E-state index contributed by atoms with van der Waals surface area (Å²) in [6.45, 7) is 1.79. The number of fused-ring (bicyclic) bond motifs is 1. The van der Waals surface area contributed by atoms with Crippen molar-refractivity contribution in [2.24, 2.45) is 15.9 Å². The van der Waals surface area contributed by atoms with Gasteiger partial charge in [-0.15, -0.1) is 0 Å². The highest BCUT2D eigenvalue weighted by Crippen LogP contribution is 2.25. The third-order valence-corrected chi connectivity index (χ3v) is 2.45. The zero-order chi connectivity index (χ0) is 8.55. The van der Waals surface area contributed by atoms with Crippen molar-refractivity contribution < 1.29 is 4.79 Å². The van der Waals surface area contributed by atoms with Crippen LogP contribution in [-0.2, 0) is 4.79 Å². The molecule has 0 N–H and O–H groups in total. The van der Waals surface area contributed by atoms with Gasteiger partial charge in [-0.3, -0.25) is 4.79 Å². The fraction of sp³-hybridized carbons (Fsp3) is 0.667. The lowest BCUT2D eigenvalue weighted by molar-refractivity contribution is -0.120. The molecule has 0 radical (unpaired) electrons. The third-order valence-electron chi connectivity index (χ3n) is 2.45. The topological polar surface area (TPSA) is 41.8 Å². The maximum Gasteiger partial charge on any atom is 0.256 e. The number of carbonyl (C=O) groups is 1. The molecule has 0 aromatic rings. The summed E-state index contributed by atoms with van der Waals surface area (Å²) in [4.78, 5) is 19.5. The molecule has 0 bridgehead atoms. The van der Waals surface area contributed by atoms with Crippen LogP contribution in [0.25, 0.3) is 0 Å². The van der Waals surface area contributed by atoms with E-state index < -0.39 is 0 Å². The van der Waals surface area contributed by atoms with E-state index in [0.717, 1.165) is 25.0 Å². The molecule has 1 saturated carbocycles. The summed E-state index contributed by atoms with van der Waals surface area (Å²) in [6.07, 6.45) is 4.26. The highest BCUT2D eigenvalue weighted by molar-refractivity contribution is 6.15. The highest BCUT2D eigenvalue weighted by atomic mass is 16.1. The Balaban J connectivity index is 2.29. The molecule has 3 nitrogen and oxygen atoms in total. The number of amidine groups is 1. The van der Waals surface area contributed by atoms with Gasteiger partial charge in [-0.05, 0) is 26.2 Å². The second-order valence-electron chi connectivity index (χ2n) is 3.40. The number of amides is 1. The predicted molar refractivity (Wildman–Crippen MR) is 47.5 cm³/mol. The van der Waals surface area contributed by atoms with Crippen LogP contribution in [-0.4, -0.2) is 17.5 Å². The van der Waals surface area contributed by atoms with E-state index in [2.05, 4.69) is 9.98 Å². The van der Waals surface area contributed by atoms with Crippen LogP contribution >= 0.6 is 0 Å². The Hall–Kier alpha value is -0.990. The lowest BCUT2D eigenvalue weighted by Gasteiger charge is -2.23. The molecular formula is C9H12N2O. The van der Waals surface area contributed by atoms with Gasteiger partial charge in [0.2, 0.25) is 0 Å². The first-order valence-corrected chi connectivity index (χ1v) is 4.44. The predicted octanol–water partition coefficient (Wildman–Crippen LogP) is 1.58. The van der Waals surface area contributed by atoms with E-state index in [9.17, 15) is 4.79 Å². The van der Waals surface area contributed by atoms with Crippen molar-refractivity contribution in [3.8, 4) is 0 Å². The summed E-state index contributed by atoms with van der Waals surface area (Å²) in [5.74, 6) is 0.688. The second-order valence-corrected chi connectivity index (χ2v) is 3.40. The van der Waals surface area contributed by atoms with Gasteiger partial charge in [0.25, 0.3) is 5.91 Å². The van der Waals surface area contributed by atoms with Gasteiger partial charge < -0.3 is 0 Å². The van der Waals surface area contributed by atoms with Gasteiger partial charge >= 0.3 is 0 Å². The summed E-state index contributed by atoms with van der Waals surface area (Å²) in [6, 6.07) is 0. The second kappa shape index (κ2) is 2.81. The van der Waals surface area contributed by atoms with Crippen molar-refractivity contribution in [1.82, 2.24) is 0 Å². The van der Waals surface area contributed by atoms with Gasteiger partial charge in [0.05, 0.1) is 5.92 Å². The summed E-state index contributed by atoms with van der Waals surface area (Å²) >= 11 is 0. The number of nitrogens with zero attached hydrogens (tertiary/aromatic N) is 2. The van der Waals surface area contributed by atoms with Crippen LogP contribution in [0, 0.1) is 5.92 Å². The quantitative estimate of drug-likeness (QED) is 0.536. The molecule has 1 atom stereocenters. The van der Waals surface area contributed by atoms with Crippen molar-refractivity contribution in [2.45, 2.75) is 32.6 Å². The van der Waals surface area contributed by atoms with Crippen LogP contribution in [0.5, 0.6) is 0 Å². The minimum atomic E-state index is 0.0252. The first-order chi connectivity index (χ1) is 5.77. The number of carbonyl (C=O) groups excluding carboxylic acids is 1. The summed E-state index contributed by atoms with van der Waals surface area (Å²) in [5, 5.41) is 0. The summed E-state index contributed by atoms with van der Waals surface area (Å²) in [7, 11) is 0. The zero-order valence-corrected chi connectivity index (χ0v) is 7.21. The van der Waals surface area contributed by atoms with Crippen molar-refractivity contribution >= 4 is 17.5 Å². The van der Waals surface area contributed by atoms with Crippen LogP contribution in [0.3, 0.4) is 0 Å². The first-order valence-electron chi connectivity index (χ1n) is 4.44. The highest BCUT2D eigenvalue weighted by Gasteiger charge is 2.29. The molecule has 3 heteroatoms. The Morgan fingerprint density at radius 3 is 3.00 bits per heavy atom. The van der Waals surface area contributed by atoms with Crippen LogP contribution in [0.2, 0.25) is 0 Å². The van der Waals surface area contributed by atoms with Gasteiger partial charge in [-0.25, -0.2) is 4.99 Å². The van der Waals surface area contributed by atoms with E-state index >= 15 is 0 Å². The van der Waals surface area contributed by atoms with E-state index in [1.807, 2.05) is 0 Å². The van der Waals surface area contributed by atoms with Crippen molar-refractivity contribution in [1.29, 1.82) is 0 Å². The Bertz CT molecular complexity index is 278. The van der Waals surface area contributed by atoms with Gasteiger partial charge in [0.15, 0.2) is 0 Å². The molecule has 0 spiro atoms. The van der Waals surface area contributed by atoms with Crippen LogP contribution in [0.4, 0.5) is 0 Å². The largest absolute Gasteiger partial charge is 0.272 e. The SMILES string of the molecule is CC1=NC(=O)C2CCCCC2=N1. The van der Waals surface area contributed by atoms with E-state index in [1.165, 1.54) is 6.42 Å². The maximum atomic E-state index is 11.4. The van der Waals surface area contributed by atoms with Crippen molar-refractivity contribution in [3.63, 3.8) is 0 Å². The monoisotopic (exact) mass is 164 g/mol. The molecule has 0 saturated heterocycles. The minimum Gasteiger partial charge on any atom is -0.272 e. The fourth-order valence-corrected chi connectivity index (χ4v) is 1.87. The number of aliphatic imine (C=N–C) groups is 2. The Morgan fingerprint density at radius 2 is 2.17 bits per heavy atom. The maximum absolute atomic E-state index is 11.4. The molecule has 2 aliphatic rings. The average Bonchev–Trinajstić information content (AvgIpc) is 2.04. The van der Waals surface area contributed by atoms with Gasteiger partial charge in [0.1, 0.15) is 5.84 Å². The minimum absolute atomic E-state index is 0.0252. The van der Waals surface area contributed by atoms with E-state index in [0.29, 0.717) is 5.84 Å². The Morgan fingerprint density at radius 1 is 1.33 bits per heavy atom. The molecule has 1 unspecified atom stereocenters. The van der Waals surface area contributed by atoms with Crippen LogP contribution in [0.1, 0.15) is 32.6 Å². The molecule has 0 aromatic heterocycles. The molecule has 1 aliphatic heterocycles. The molecule has 64 valence electrons. The van der Waals surface area contributed by atoms with Crippen molar-refractivity contribution in [3.05, 3.63) is 0 Å². The van der Waals surface area contributed by atoms with Crippen LogP contribution in [0.15, 0.2) is 9.98 Å². The lowest BCUT2D eigenvalue weighted by atomic mass is 9.86. The first kappa shape index (κ1) is 7.65. The third kappa shape index (κ3) is 1.19. The molecule has 0 aromatic carbocycles. The van der Waals surface area contributed by atoms with Crippen molar-refractivity contribution in [2.75, 3.05) is 0 Å². The van der Waals surface area contributed by atoms with E-state index in [4.69, 9.17) is 0 Å². The molecular weight excluding hydrogens is 152 g/mol. The summed E-state index contributed by atoms with van der Waals surface area (Å²) in [5.41, 5.74) is 1.07. The van der Waals surface area contributed by atoms with Crippen LogP contribution < -0.4 is 0 Å². The molecule has 2 rings (SSSR count). The number of rotatable bonds is 0. The van der Waals surface area contributed by atoms with Gasteiger partial charge in [0, 0.05) is 5.71 Å². The Kier molecular flexibility index (Phi) is 1.79. The number of hydrogen-bond donors (Lipinski definition) is 0. The Labute approximate surface area is 71.6 Å². The fourth-order valence-electron chi connectivity index (χ4n) is 1.87.